The van der Waals surface area contributed by atoms with Gasteiger partial charge in [-0.15, -0.1) is 11.3 Å². The van der Waals surface area contributed by atoms with Gasteiger partial charge in [0, 0.05) is 5.56 Å². The van der Waals surface area contributed by atoms with Crippen molar-refractivity contribution in [2.45, 2.75) is 13.1 Å². The van der Waals surface area contributed by atoms with Crippen LogP contribution in [-0.2, 0) is 10.9 Å². The molecule has 2 aromatic carbocycles. The zero-order chi connectivity index (χ0) is 17.3. The molecule has 3 rings (SSSR count). The van der Waals surface area contributed by atoms with Crippen LogP contribution in [-0.4, -0.2) is 17.6 Å². The van der Waals surface area contributed by atoms with Crippen molar-refractivity contribution in [2.75, 3.05) is 6.61 Å². The summed E-state index contributed by atoms with van der Waals surface area (Å²) >= 11 is 1.31. The van der Waals surface area contributed by atoms with Gasteiger partial charge in [0.25, 0.3) is 0 Å². The number of thiazole rings is 1. The van der Waals surface area contributed by atoms with Gasteiger partial charge in [0.15, 0.2) is 0 Å². The summed E-state index contributed by atoms with van der Waals surface area (Å²) in [5.41, 5.74) is 0.707. The Labute approximate surface area is 139 Å². The number of benzene rings is 2. The molecule has 0 saturated heterocycles. The molecule has 3 nitrogen and oxygen atoms in total. The first-order valence-electron chi connectivity index (χ1n) is 7.14. The van der Waals surface area contributed by atoms with E-state index >= 15 is 0 Å². The Hall–Kier alpha value is -2.41. The molecule has 0 radical (unpaired) electrons. The standard InChI is InChI=1S/C17H12F3NO2S/c1-2-23-16(22)12-4-3-5-13-14(12)21-15(24-13)10-6-8-11(9-7-10)17(18,19)20/h3-9H,2H2,1H3. The third kappa shape index (κ3) is 3.12. The first-order valence-corrected chi connectivity index (χ1v) is 7.96. The van der Waals surface area contributed by atoms with Crippen molar-refractivity contribution in [3.63, 3.8) is 0 Å². The van der Waals surface area contributed by atoms with Crippen LogP contribution in [0.15, 0.2) is 42.5 Å². The van der Waals surface area contributed by atoms with E-state index in [1.807, 2.05) is 6.07 Å². The highest BCUT2D eigenvalue weighted by Crippen LogP contribution is 2.34. The second-order valence-corrected chi connectivity index (χ2v) is 6.00. The highest BCUT2D eigenvalue weighted by molar-refractivity contribution is 7.21. The number of hydrogen-bond donors (Lipinski definition) is 0. The minimum absolute atomic E-state index is 0.255. The molecule has 0 aliphatic rings. The van der Waals surface area contributed by atoms with E-state index in [2.05, 4.69) is 4.98 Å². The molecule has 0 atom stereocenters. The zero-order valence-corrected chi connectivity index (χ0v) is 13.4. The van der Waals surface area contributed by atoms with Gasteiger partial charge in [-0.2, -0.15) is 13.2 Å². The van der Waals surface area contributed by atoms with Crippen LogP contribution in [0.4, 0.5) is 13.2 Å². The van der Waals surface area contributed by atoms with Crippen LogP contribution in [0, 0.1) is 0 Å². The van der Waals surface area contributed by atoms with Crippen LogP contribution in [0.5, 0.6) is 0 Å². The first-order chi connectivity index (χ1) is 11.4. The number of fused-ring (bicyclic) bond motifs is 1. The van der Waals surface area contributed by atoms with E-state index in [1.165, 1.54) is 23.5 Å². The molecule has 0 unspecified atom stereocenters. The highest BCUT2D eigenvalue weighted by Gasteiger charge is 2.30. The van der Waals surface area contributed by atoms with E-state index < -0.39 is 17.7 Å². The third-order valence-corrected chi connectivity index (χ3v) is 4.44. The molecule has 0 fully saturated rings. The summed E-state index contributed by atoms with van der Waals surface area (Å²) in [7, 11) is 0. The minimum atomic E-state index is -4.37. The summed E-state index contributed by atoms with van der Waals surface area (Å²) in [5, 5.41) is 0.551. The Morgan fingerprint density at radius 1 is 1.17 bits per heavy atom. The topological polar surface area (TPSA) is 39.2 Å². The number of halogens is 3. The summed E-state index contributed by atoms with van der Waals surface area (Å²) in [6.45, 7) is 1.97. The zero-order valence-electron chi connectivity index (χ0n) is 12.6. The summed E-state index contributed by atoms with van der Waals surface area (Å²) < 4.78 is 43.7. The Kier molecular flexibility index (Phi) is 4.28. The number of ether oxygens (including phenoxy) is 1. The van der Waals surface area contributed by atoms with Gasteiger partial charge in [-0.3, -0.25) is 0 Å². The van der Waals surface area contributed by atoms with E-state index in [9.17, 15) is 18.0 Å². The van der Waals surface area contributed by atoms with Crippen molar-refractivity contribution in [1.82, 2.24) is 4.98 Å². The summed E-state index contributed by atoms with van der Waals surface area (Å²) in [6, 6.07) is 9.96. The van der Waals surface area contributed by atoms with Gasteiger partial charge in [-0.05, 0) is 31.2 Å². The van der Waals surface area contributed by atoms with Crippen LogP contribution in [0.1, 0.15) is 22.8 Å². The third-order valence-electron chi connectivity index (χ3n) is 3.37. The number of nitrogens with zero attached hydrogens (tertiary/aromatic N) is 1. The van der Waals surface area contributed by atoms with Crippen LogP contribution in [0.2, 0.25) is 0 Å². The molecule has 1 aromatic heterocycles. The van der Waals surface area contributed by atoms with Crippen molar-refractivity contribution < 1.29 is 22.7 Å². The average Bonchev–Trinajstić information content (AvgIpc) is 2.98. The predicted octanol–water partition coefficient (Wildman–Crippen LogP) is 5.16. The van der Waals surface area contributed by atoms with Gasteiger partial charge in [0.05, 0.1) is 28.0 Å². The molecule has 0 aliphatic carbocycles. The lowest BCUT2D eigenvalue weighted by Gasteiger charge is -2.06. The van der Waals surface area contributed by atoms with Gasteiger partial charge in [-0.1, -0.05) is 18.2 Å². The monoisotopic (exact) mass is 351 g/mol. The van der Waals surface area contributed by atoms with E-state index in [0.717, 1.165) is 16.8 Å². The number of carbonyl (C=O) groups is 1. The number of aromatic nitrogens is 1. The normalized spacial score (nSPS) is 11.7. The van der Waals surface area contributed by atoms with Gasteiger partial charge in [0.1, 0.15) is 5.01 Å². The average molecular weight is 351 g/mol. The largest absolute Gasteiger partial charge is 0.462 e. The number of carbonyl (C=O) groups excluding carboxylic acids is 1. The van der Waals surface area contributed by atoms with Crippen molar-refractivity contribution >= 4 is 27.5 Å². The molecule has 124 valence electrons. The SMILES string of the molecule is CCOC(=O)c1cccc2sc(-c3ccc(C(F)(F)F)cc3)nc12. The molecule has 0 aliphatic heterocycles. The lowest BCUT2D eigenvalue weighted by Crippen LogP contribution is -2.05. The van der Waals surface area contributed by atoms with Crippen molar-refractivity contribution in [3.05, 3.63) is 53.6 Å². The summed E-state index contributed by atoms with van der Waals surface area (Å²) in [6.07, 6.45) is -4.37. The van der Waals surface area contributed by atoms with Crippen molar-refractivity contribution in [1.29, 1.82) is 0 Å². The van der Waals surface area contributed by atoms with E-state index in [1.54, 1.807) is 19.1 Å². The molecule has 0 bridgehead atoms. The molecular formula is C17H12F3NO2S. The van der Waals surface area contributed by atoms with Gasteiger partial charge < -0.3 is 4.74 Å². The van der Waals surface area contributed by atoms with Gasteiger partial charge >= 0.3 is 12.1 Å². The van der Waals surface area contributed by atoms with Gasteiger partial charge in [0.2, 0.25) is 0 Å². The fraction of sp³-hybridized carbons (Fsp3) is 0.176. The van der Waals surface area contributed by atoms with Crippen LogP contribution >= 0.6 is 11.3 Å². The second-order valence-electron chi connectivity index (χ2n) is 4.97. The number of hydrogen-bond acceptors (Lipinski definition) is 4. The Morgan fingerprint density at radius 3 is 2.50 bits per heavy atom. The van der Waals surface area contributed by atoms with Gasteiger partial charge in [-0.25, -0.2) is 9.78 Å². The van der Waals surface area contributed by atoms with E-state index in [-0.39, 0.29) is 6.61 Å². The van der Waals surface area contributed by atoms with Crippen molar-refractivity contribution in [3.8, 4) is 10.6 Å². The Morgan fingerprint density at radius 2 is 1.88 bits per heavy atom. The molecule has 1 heterocycles. The molecule has 0 saturated carbocycles. The number of para-hydroxylation sites is 1. The molecule has 0 amide bonds. The molecule has 0 N–H and O–H groups in total. The maximum absolute atomic E-state index is 12.6. The van der Waals surface area contributed by atoms with E-state index in [4.69, 9.17) is 4.74 Å². The number of esters is 1. The molecule has 24 heavy (non-hydrogen) atoms. The van der Waals surface area contributed by atoms with Crippen LogP contribution in [0.25, 0.3) is 20.8 Å². The smallest absolute Gasteiger partial charge is 0.416 e. The fourth-order valence-corrected chi connectivity index (χ4v) is 3.25. The minimum Gasteiger partial charge on any atom is -0.462 e. The molecule has 3 aromatic rings. The number of rotatable bonds is 3. The quantitative estimate of drug-likeness (QED) is 0.612. The van der Waals surface area contributed by atoms with E-state index in [0.29, 0.717) is 21.7 Å². The lowest BCUT2D eigenvalue weighted by atomic mass is 10.1. The Balaban J connectivity index is 2.02. The lowest BCUT2D eigenvalue weighted by molar-refractivity contribution is -0.137. The number of alkyl halides is 3. The maximum atomic E-state index is 12.6. The maximum Gasteiger partial charge on any atom is 0.416 e. The van der Waals surface area contributed by atoms with Crippen molar-refractivity contribution in [2.24, 2.45) is 0 Å². The second kappa shape index (κ2) is 6.24. The molecule has 7 heteroatoms. The fourth-order valence-electron chi connectivity index (χ4n) is 2.25. The first kappa shape index (κ1) is 16.4. The molecule has 0 spiro atoms. The predicted molar refractivity (Wildman–Crippen MR) is 86.0 cm³/mol. The Bertz CT molecular complexity index is 885. The van der Waals surface area contributed by atoms with Crippen LogP contribution < -0.4 is 0 Å². The summed E-state index contributed by atoms with van der Waals surface area (Å²) in [5.74, 6) is -0.465. The highest BCUT2D eigenvalue weighted by atomic mass is 32.1. The molecular weight excluding hydrogens is 339 g/mol. The van der Waals surface area contributed by atoms with Crippen LogP contribution in [0.3, 0.4) is 0 Å². The summed E-state index contributed by atoms with van der Waals surface area (Å²) in [4.78, 5) is 16.4.